The van der Waals surface area contributed by atoms with E-state index in [1.165, 1.54) is 25.7 Å². The minimum absolute atomic E-state index is 0.356. The van der Waals surface area contributed by atoms with E-state index in [0.29, 0.717) is 5.75 Å². The smallest absolute Gasteiger partial charge is 0.422 e. The summed E-state index contributed by atoms with van der Waals surface area (Å²) < 4.78 is 4.89. The first-order valence-corrected chi connectivity index (χ1v) is 8.03. The van der Waals surface area contributed by atoms with Gasteiger partial charge in [-0.1, -0.05) is 64.2 Å². The fourth-order valence-electron chi connectivity index (χ4n) is 2.35. The largest absolute Gasteiger partial charge is 0.473 e. The summed E-state index contributed by atoms with van der Waals surface area (Å²) in [6, 6.07) is 7.12. The summed E-state index contributed by atoms with van der Waals surface area (Å²) in [4.78, 5) is 21.7. The van der Waals surface area contributed by atoms with Crippen LogP contribution in [-0.2, 0) is 16.0 Å². The van der Waals surface area contributed by atoms with Gasteiger partial charge >= 0.3 is 11.9 Å². The Balaban J connectivity index is 2.33. The van der Waals surface area contributed by atoms with Crippen molar-refractivity contribution in [1.82, 2.24) is 0 Å². The monoisotopic (exact) mass is 306 g/mol. The Morgan fingerprint density at radius 2 is 1.68 bits per heavy atom. The van der Waals surface area contributed by atoms with E-state index in [0.717, 1.165) is 30.7 Å². The molecular weight excluding hydrogens is 280 g/mol. The maximum absolute atomic E-state index is 11.1. The number of carboxylic acid groups (broad SMARTS) is 1. The van der Waals surface area contributed by atoms with Crippen LogP contribution in [0.1, 0.15) is 57.9 Å². The number of ether oxygens (including phenoxy) is 1. The highest BCUT2D eigenvalue weighted by Crippen LogP contribution is 2.21. The Labute approximate surface area is 132 Å². The number of hydrogen-bond acceptors (Lipinski definition) is 3. The van der Waals surface area contributed by atoms with Crippen molar-refractivity contribution in [2.75, 3.05) is 0 Å². The van der Waals surface area contributed by atoms with Crippen molar-refractivity contribution in [3.05, 3.63) is 29.8 Å². The van der Waals surface area contributed by atoms with Crippen molar-refractivity contribution in [3.8, 4) is 5.75 Å². The van der Waals surface area contributed by atoms with Crippen molar-refractivity contribution in [3.63, 3.8) is 0 Å². The molecular formula is C18H26O4. The van der Waals surface area contributed by atoms with Crippen LogP contribution in [0.15, 0.2) is 24.3 Å². The standard InChI is InChI=1S/C18H26O4/c1-14(2)10-6-4-3-5-7-11-15-12-8-9-13-16(15)22-18(21)17(19)20/h8-9,12-14H,3-7,10-11H2,1-2H3,(H,19,20). The lowest BCUT2D eigenvalue weighted by atomic mass is 10.0. The number of para-hydroxylation sites is 1. The highest BCUT2D eigenvalue weighted by atomic mass is 16.6. The van der Waals surface area contributed by atoms with Gasteiger partial charge in [-0.3, -0.25) is 0 Å². The quantitative estimate of drug-likeness (QED) is 0.321. The highest BCUT2D eigenvalue weighted by Gasteiger charge is 2.15. The van der Waals surface area contributed by atoms with Crippen LogP contribution in [0, 0.1) is 5.92 Å². The second kappa shape index (κ2) is 9.98. The van der Waals surface area contributed by atoms with Gasteiger partial charge in [0.2, 0.25) is 0 Å². The van der Waals surface area contributed by atoms with Crippen LogP contribution in [0.4, 0.5) is 0 Å². The Hall–Kier alpha value is -1.84. The number of carbonyl (C=O) groups is 2. The van der Waals surface area contributed by atoms with Crippen molar-refractivity contribution in [2.24, 2.45) is 5.92 Å². The van der Waals surface area contributed by atoms with Crippen LogP contribution in [0.2, 0.25) is 0 Å². The maximum atomic E-state index is 11.1. The van der Waals surface area contributed by atoms with Gasteiger partial charge in [0.05, 0.1) is 0 Å². The van der Waals surface area contributed by atoms with Crippen LogP contribution < -0.4 is 4.74 Å². The molecule has 0 aliphatic rings. The molecule has 122 valence electrons. The molecule has 0 saturated heterocycles. The zero-order valence-electron chi connectivity index (χ0n) is 13.5. The number of hydrogen-bond donors (Lipinski definition) is 1. The third kappa shape index (κ3) is 7.25. The van der Waals surface area contributed by atoms with Gasteiger partial charge in [-0.05, 0) is 30.4 Å². The van der Waals surface area contributed by atoms with E-state index in [1.807, 2.05) is 12.1 Å². The number of carbonyl (C=O) groups excluding carboxylic acids is 1. The molecule has 0 radical (unpaired) electrons. The summed E-state index contributed by atoms with van der Waals surface area (Å²) in [5.74, 6) is -1.67. The number of unbranched alkanes of at least 4 members (excludes halogenated alkanes) is 4. The third-order valence-electron chi connectivity index (χ3n) is 3.58. The lowest BCUT2D eigenvalue weighted by Gasteiger charge is -2.08. The molecule has 22 heavy (non-hydrogen) atoms. The molecule has 0 heterocycles. The Morgan fingerprint density at radius 3 is 2.36 bits per heavy atom. The van der Waals surface area contributed by atoms with Crippen molar-refractivity contribution < 1.29 is 19.4 Å². The van der Waals surface area contributed by atoms with Gasteiger partial charge in [0.25, 0.3) is 0 Å². The van der Waals surface area contributed by atoms with Gasteiger partial charge in [0.1, 0.15) is 5.75 Å². The summed E-state index contributed by atoms with van der Waals surface area (Å²) >= 11 is 0. The average molecular weight is 306 g/mol. The van der Waals surface area contributed by atoms with E-state index in [2.05, 4.69) is 13.8 Å². The Kier molecular flexibility index (Phi) is 8.26. The van der Waals surface area contributed by atoms with Crippen LogP contribution in [0.25, 0.3) is 0 Å². The van der Waals surface area contributed by atoms with E-state index in [9.17, 15) is 9.59 Å². The molecule has 0 fully saturated rings. The normalized spacial score (nSPS) is 10.7. The van der Waals surface area contributed by atoms with E-state index in [-0.39, 0.29) is 0 Å². The molecule has 4 nitrogen and oxygen atoms in total. The number of aliphatic carboxylic acids is 1. The predicted molar refractivity (Wildman–Crippen MR) is 86.0 cm³/mol. The van der Waals surface area contributed by atoms with Crippen LogP contribution in [-0.4, -0.2) is 17.0 Å². The molecule has 0 amide bonds. The molecule has 1 aromatic carbocycles. The SMILES string of the molecule is CC(C)CCCCCCCc1ccccc1OC(=O)C(=O)O. The lowest BCUT2D eigenvalue weighted by molar-refractivity contribution is -0.158. The van der Waals surface area contributed by atoms with E-state index < -0.39 is 11.9 Å². The van der Waals surface area contributed by atoms with E-state index in [1.54, 1.807) is 12.1 Å². The minimum atomic E-state index is -1.57. The summed E-state index contributed by atoms with van der Waals surface area (Å²) in [6.07, 6.45) is 7.99. The number of benzene rings is 1. The van der Waals surface area contributed by atoms with E-state index >= 15 is 0 Å². The molecule has 0 aromatic heterocycles. The van der Waals surface area contributed by atoms with Gasteiger partial charge in [-0.15, -0.1) is 0 Å². The summed E-state index contributed by atoms with van der Waals surface area (Å²) in [5, 5.41) is 8.60. The molecule has 1 rings (SSSR count). The number of esters is 1. The molecule has 4 heteroatoms. The number of carboxylic acids is 1. The fraction of sp³-hybridized carbons (Fsp3) is 0.556. The molecule has 0 atom stereocenters. The zero-order chi connectivity index (χ0) is 16.4. The molecule has 0 spiro atoms. The summed E-state index contributed by atoms with van der Waals surface area (Å²) in [6.45, 7) is 4.49. The predicted octanol–water partition coefficient (Wildman–Crippen LogP) is 4.22. The van der Waals surface area contributed by atoms with Gasteiger partial charge < -0.3 is 9.84 Å². The van der Waals surface area contributed by atoms with Crippen molar-refractivity contribution in [1.29, 1.82) is 0 Å². The lowest BCUT2D eigenvalue weighted by Crippen LogP contribution is -2.19. The first-order valence-electron chi connectivity index (χ1n) is 8.03. The Bertz CT molecular complexity index is 480. The fourth-order valence-corrected chi connectivity index (χ4v) is 2.35. The third-order valence-corrected chi connectivity index (χ3v) is 3.58. The molecule has 0 saturated carbocycles. The van der Waals surface area contributed by atoms with Gasteiger partial charge in [0, 0.05) is 0 Å². The van der Waals surface area contributed by atoms with Crippen molar-refractivity contribution >= 4 is 11.9 Å². The number of aryl methyl sites for hydroxylation is 1. The number of rotatable bonds is 9. The Morgan fingerprint density at radius 1 is 1.05 bits per heavy atom. The molecule has 0 aliphatic heterocycles. The maximum Gasteiger partial charge on any atom is 0.422 e. The van der Waals surface area contributed by atoms with E-state index in [4.69, 9.17) is 9.84 Å². The van der Waals surface area contributed by atoms with Crippen LogP contribution in [0.5, 0.6) is 5.75 Å². The second-order valence-corrected chi connectivity index (χ2v) is 6.00. The average Bonchev–Trinajstić information content (AvgIpc) is 2.47. The second-order valence-electron chi connectivity index (χ2n) is 6.00. The minimum Gasteiger partial charge on any atom is -0.473 e. The summed E-state index contributed by atoms with van der Waals surface area (Å²) in [7, 11) is 0. The highest BCUT2D eigenvalue weighted by molar-refractivity contribution is 6.29. The molecule has 0 aliphatic carbocycles. The van der Waals surface area contributed by atoms with Crippen LogP contribution in [0.3, 0.4) is 0 Å². The van der Waals surface area contributed by atoms with Gasteiger partial charge in [0.15, 0.2) is 0 Å². The first kappa shape index (κ1) is 18.2. The molecule has 0 unspecified atom stereocenters. The van der Waals surface area contributed by atoms with Crippen molar-refractivity contribution in [2.45, 2.75) is 58.8 Å². The zero-order valence-corrected chi connectivity index (χ0v) is 13.5. The molecule has 1 N–H and O–H groups in total. The van der Waals surface area contributed by atoms with Gasteiger partial charge in [-0.2, -0.15) is 0 Å². The van der Waals surface area contributed by atoms with Gasteiger partial charge in [-0.25, -0.2) is 9.59 Å². The molecule has 0 bridgehead atoms. The first-order chi connectivity index (χ1) is 10.5. The topological polar surface area (TPSA) is 63.6 Å². The van der Waals surface area contributed by atoms with Crippen LogP contribution >= 0.6 is 0 Å². The summed E-state index contributed by atoms with van der Waals surface area (Å²) in [5.41, 5.74) is 0.888. The molecule has 1 aromatic rings.